The number of anilines is 1. The molecule has 1 aromatic heterocycles. The molecule has 0 aliphatic carbocycles. The van der Waals surface area contributed by atoms with E-state index < -0.39 is 10.8 Å². The lowest BCUT2D eigenvalue weighted by atomic mass is 10.1. The number of amides is 1. The highest BCUT2D eigenvalue weighted by atomic mass is 16.6. The number of hydrogen-bond acceptors (Lipinski definition) is 6. The normalized spacial score (nSPS) is 10.5. The van der Waals surface area contributed by atoms with Gasteiger partial charge in [-0.2, -0.15) is 0 Å². The van der Waals surface area contributed by atoms with E-state index >= 15 is 0 Å². The molecule has 0 unspecified atom stereocenters. The Kier molecular flexibility index (Phi) is 4.21. The van der Waals surface area contributed by atoms with E-state index in [-0.39, 0.29) is 11.3 Å². The summed E-state index contributed by atoms with van der Waals surface area (Å²) in [5.74, 6) is -0.407. The van der Waals surface area contributed by atoms with Crippen molar-refractivity contribution in [1.82, 2.24) is 20.2 Å². The molecule has 1 heterocycles. The Balaban J connectivity index is 1.86. The summed E-state index contributed by atoms with van der Waals surface area (Å²) in [5.41, 5.74) is 2.72. The summed E-state index contributed by atoms with van der Waals surface area (Å²) in [5, 5.41) is 24.8. The van der Waals surface area contributed by atoms with E-state index in [1.54, 1.807) is 31.2 Å². The minimum Gasteiger partial charge on any atom is -0.322 e. The second-order valence-corrected chi connectivity index (χ2v) is 5.42. The monoisotopic (exact) mass is 338 g/mol. The number of nitro groups is 1. The largest absolute Gasteiger partial charge is 0.322 e. The fraction of sp³-hybridized carbons (Fsp3) is 0.125. The maximum atomic E-state index is 12.5. The van der Waals surface area contributed by atoms with Crippen LogP contribution >= 0.6 is 0 Å². The van der Waals surface area contributed by atoms with E-state index in [0.717, 1.165) is 11.3 Å². The Morgan fingerprint density at radius 2 is 2.04 bits per heavy atom. The molecule has 126 valence electrons. The van der Waals surface area contributed by atoms with Gasteiger partial charge in [-0.15, -0.1) is 5.10 Å². The third-order valence-electron chi connectivity index (χ3n) is 3.80. The van der Waals surface area contributed by atoms with Crippen molar-refractivity contribution in [1.29, 1.82) is 0 Å². The molecular formula is C16H14N6O3. The van der Waals surface area contributed by atoms with Crippen LogP contribution in [0.2, 0.25) is 0 Å². The molecule has 0 fully saturated rings. The number of carbonyl (C=O) groups is 1. The molecule has 1 amide bonds. The highest BCUT2D eigenvalue weighted by molar-refractivity contribution is 6.05. The third kappa shape index (κ3) is 3.20. The van der Waals surface area contributed by atoms with Gasteiger partial charge in [0.25, 0.3) is 11.6 Å². The van der Waals surface area contributed by atoms with Gasteiger partial charge in [-0.25, -0.2) is 4.68 Å². The van der Waals surface area contributed by atoms with Gasteiger partial charge in [-0.05, 0) is 54.1 Å². The van der Waals surface area contributed by atoms with Gasteiger partial charge < -0.3 is 5.32 Å². The summed E-state index contributed by atoms with van der Waals surface area (Å²) in [6.45, 7) is 3.42. The molecule has 2 aromatic carbocycles. The number of benzene rings is 2. The van der Waals surface area contributed by atoms with Gasteiger partial charge in [0.05, 0.1) is 10.6 Å². The van der Waals surface area contributed by atoms with Crippen LogP contribution < -0.4 is 5.32 Å². The van der Waals surface area contributed by atoms with Crippen LogP contribution in [0.5, 0.6) is 0 Å². The summed E-state index contributed by atoms with van der Waals surface area (Å²) in [6.07, 6.45) is 1.48. The second-order valence-electron chi connectivity index (χ2n) is 5.42. The van der Waals surface area contributed by atoms with Crippen molar-refractivity contribution in [2.75, 3.05) is 5.32 Å². The van der Waals surface area contributed by atoms with Gasteiger partial charge in [0.1, 0.15) is 6.33 Å². The lowest BCUT2D eigenvalue weighted by Gasteiger charge is -2.10. The van der Waals surface area contributed by atoms with Crippen molar-refractivity contribution < 1.29 is 9.72 Å². The van der Waals surface area contributed by atoms with Crippen molar-refractivity contribution >= 4 is 17.3 Å². The van der Waals surface area contributed by atoms with Crippen molar-refractivity contribution in [3.63, 3.8) is 0 Å². The van der Waals surface area contributed by atoms with Crippen LogP contribution in [0.15, 0.2) is 42.7 Å². The second kappa shape index (κ2) is 6.48. The molecule has 0 spiro atoms. The highest BCUT2D eigenvalue weighted by Gasteiger charge is 2.18. The van der Waals surface area contributed by atoms with Gasteiger partial charge in [0.15, 0.2) is 0 Å². The van der Waals surface area contributed by atoms with E-state index in [1.165, 1.54) is 23.1 Å². The van der Waals surface area contributed by atoms with Gasteiger partial charge in [-0.3, -0.25) is 14.9 Å². The van der Waals surface area contributed by atoms with Crippen molar-refractivity contribution in [3.05, 3.63) is 69.5 Å². The summed E-state index contributed by atoms with van der Waals surface area (Å²) in [6, 6.07) is 9.70. The van der Waals surface area contributed by atoms with Crippen molar-refractivity contribution in [3.8, 4) is 5.69 Å². The smallest absolute Gasteiger partial charge is 0.273 e. The van der Waals surface area contributed by atoms with E-state index in [9.17, 15) is 14.9 Å². The van der Waals surface area contributed by atoms with E-state index in [2.05, 4.69) is 20.8 Å². The van der Waals surface area contributed by atoms with E-state index in [4.69, 9.17) is 0 Å². The lowest BCUT2D eigenvalue weighted by Crippen LogP contribution is -2.14. The number of tetrazole rings is 1. The minimum atomic E-state index is -0.503. The molecule has 1 N–H and O–H groups in total. The fourth-order valence-electron chi connectivity index (χ4n) is 2.53. The third-order valence-corrected chi connectivity index (χ3v) is 3.80. The number of hydrogen-bond donors (Lipinski definition) is 1. The average molecular weight is 338 g/mol. The Hall–Kier alpha value is -3.62. The molecule has 0 saturated heterocycles. The van der Waals surface area contributed by atoms with Crippen LogP contribution in [0, 0.1) is 24.0 Å². The SMILES string of the molecule is Cc1cc(NC(=O)c2cccc([N+](=O)[O-])c2C)ccc1-n1cnnn1. The van der Waals surface area contributed by atoms with Crippen LogP contribution in [0.25, 0.3) is 5.69 Å². The number of nitro benzene ring substituents is 1. The van der Waals surface area contributed by atoms with Crippen LogP contribution in [-0.4, -0.2) is 31.0 Å². The van der Waals surface area contributed by atoms with Crippen molar-refractivity contribution in [2.24, 2.45) is 0 Å². The maximum absolute atomic E-state index is 12.5. The predicted molar refractivity (Wildman–Crippen MR) is 89.7 cm³/mol. The van der Waals surface area contributed by atoms with Crippen LogP contribution in [0.3, 0.4) is 0 Å². The molecule has 0 aliphatic rings. The zero-order valence-electron chi connectivity index (χ0n) is 13.5. The average Bonchev–Trinajstić information content (AvgIpc) is 3.09. The fourth-order valence-corrected chi connectivity index (χ4v) is 2.53. The number of carbonyl (C=O) groups excluding carboxylic acids is 1. The molecule has 0 saturated carbocycles. The molecule has 0 bridgehead atoms. The zero-order chi connectivity index (χ0) is 18.0. The highest BCUT2D eigenvalue weighted by Crippen LogP contribution is 2.23. The number of aromatic nitrogens is 4. The Morgan fingerprint density at radius 1 is 1.24 bits per heavy atom. The Morgan fingerprint density at radius 3 is 2.68 bits per heavy atom. The van der Waals surface area contributed by atoms with Gasteiger partial charge in [0.2, 0.25) is 0 Å². The molecular weight excluding hydrogens is 324 g/mol. The minimum absolute atomic E-state index is 0.0853. The predicted octanol–water partition coefficient (Wildman–Crippen LogP) is 2.44. The molecule has 3 aromatic rings. The number of nitrogens with one attached hydrogen (secondary N) is 1. The van der Waals surface area contributed by atoms with Gasteiger partial charge in [0, 0.05) is 22.9 Å². The lowest BCUT2D eigenvalue weighted by molar-refractivity contribution is -0.385. The first kappa shape index (κ1) is 16.2. The van der Waals surface area contributed by atoms with Gasteiger partial charge >= 0.3 is 0 Å². The first-order valence-corrected chi connectivity index (χ1v) is 7.36. The number of aryl methyl sites for hydroxylation is 1. The maximum Gasteiger partial charge on any atom is 0.273 e. The molecule has 9 nitrogen and oxygen atoms in total. The first-order valence-electron chi connectivity index (χ1n) is 7.36. The summed E-state index contributed by atoms with van der Waals surface area (Å²) < 4.78 is 1.52. The van der Waals surface area contributed by atoms with Crippen LogP contribution in [0.4, 0.5) is 11.4 Å². The van der Waals surface area contributed by atoms with E-state index in [0.29, 0.717) is 11.3 Å². The summed E-state index contributed by atoms with van der Waals surface area (Å²) in [4.78, 5) is 23.0. The molecule has 9 heteroatoms. The first-order chi connectivity index (χ1) is 12.0. The molecule has 0 aliphatic heterocycles. The quantitative estimate of drug-likeness (QED) is 0.577. The van der Waals surface area contributed by atoms with Gasteiger partial charge in [-0.1, -0.05) is 6.07 Å². The number of rotatable bonds is 4. The van der Waals surface area contributed by atoms with Crippen LogP contribution in [0.1, 0.15) is 21.5 Å². The topological polar surface area (TPSA) is 116 Å². The Bertz CT molecular complexity index is 953. The molecule has 25 heavy (non-hydrogen) atoms. The zero-order valence-corrected chi connectivity index (χ0v) is 13.5. The standard InChI is InChI=1S/C16H14N6O3/c1-10-8-12(6-7-14(10)21-9-17-19-20-21)18-16(23)13-4-3-5-15(11(13)2)22(24)25/h3-9H,1-2H3,(H,18,23). The van der Waals surface area contributed by atoms with Crippen molar-refractivity contribution in [2.45, 2.75) is 13.8 Å². The summed E-state index contributed by atoms with van der Waals surface area (Å²) in [7, 11) is 0. The molecule has 0 radical (unpaired) electrons. The summed E-state index contributed by atoms with van der Waals surface area (Å²) >= 11 is 0. The molecule has 0 atom stereocenters. The number of nitrogens with zero attached hydrogens (tertiary/aromatic N) is 5. The van der Waals surface area contributed by atoms with Crippen LogP contribution in [-0.2, 0) is 0 Å². The van der Waals surface area contributed by atoms with E-state index in [1.807, 2.05) is 6.92 Å². The Labute approximate surface area is 142 Å². The molecule has 3 rings (SSSR count).